The maximum Gasteiger partial charge on any atom is 0.230 e. The first-order chi connectivity index (χ1) is 13.6. The van der Waals surface area contributed by atoms with Gasteiger partial charge in [-0.3, -0.25) is 4.79 Å². The molecule has 4 rings (SSSR count). The van der Waals surface area contributed by atoms with Gasteiger partial charge in [-0.2, -0.15) is 4.98 Å². The molecule has 0 saturated carbocycles. The Morgan fingerprint density at radius 1 is 1.00 bits per heavy atom. The number of nitrogens with zero attached hydrogens (tertiary/aromatic N) is 3. The summed E-state index contributed by atoms with van der Waals surface area (Å²) in [7, 11) is 0. The zero-order valence-corrected chi connectivity index (χ0v) is 15.1. The molecule has 1 saturated heterocycles. The summed E-state index contributed by atoms with van der Waals surface area (Å²) in [6.45, 7) is 1.22. The zero-order chi connectivity index (χ0) is 19.5. The van der Waals surface area contributed by atoms with Crippen molar-refractivity contribution in [2.45, 2.75) is 25.2 Å². The van der Waals surface area contributed by atoms with Gasteiger partial charge >= 0.3 is 0 Å². The zero-order valence-electron chi connectivity index (χ0n) is 15.1. The monoisotopic (exact) mass is 383 g/mol. The molecule has 0 bridgehead atoms. The van der Waals surface area contributed by atoms with Crippen LogP contribution < -0.4 is 0 Å². The Morgan fingerprint density at radius 3 is 2.25 bits per heavy atom. The van der Waals surface area contributed by atoms with Crippen LogP contribution in [0.5, 0.6) is 0 Å². The minimum absolute atomic E-state index is 0.0302. The average molecular weight is 383 g/mol. The van der Waals surface area contributed by atoms with Crippen LogP contribution in [0.15, 0.2) is 53.1 Å². The third-order valence-corrected chi connectivity index (χ3v) is 5.01. The predicted molar refractivity (Wildman–Crippen MR) is 98.4 cm³/mol. The third kappa shape index (κ3) is 4.08. The molecule has 1 aromatic heterocycles. The molecule has 144 valence electrons. The molecule has 1 aliphatic rings. The topological polar surface area (TPSA) is 59.2 Å². The quantitative estimate of drug-likeness (QED) is 0.684. The first-order valence-corrected chi connectivity index (χ1v) is 9.20. The Labute approximate surface area is 161 Å². The number of rotatable bonds is 4. The highest BCUT2D eigenvalue weighted by molar-refractivity contribution is 5.78. The average Bonchev–Trinajstić information content (AvgIpc) is 3.20. The number of amides is 1. The summed E-state index contributed by atoms with van der Waals surface area (Å²) < 4.78 is 31.4. The van der Waals surface area contributed by atoms with Crippen LogP contribution in [-0.2, 0) is 11.2 Å². The predicted octanol–water partition coefficient (Wildman–Crippen LogP) is 3.96. The molecule has 2 heterocycles. The van der Waals surface area contributed by atoms with E-state index in [-0.39, 0.29) is 29.9 Å². The van der Waals surface area contributed by atoms with Gasteiger partial charge in [-0.1, -0.05) is 17.3 Å². The van der Waals surface area contributed by atoms with Crippen LogP contribution in [0.25, 0.3) is 11.4 Å². The molecule has 5 nitrogen and oxygen atoms in total. The van der Waals surface area contributed by atoms with Gasteiger partial charge in [0.05, 0.1) is 6.42 Å². The van der Waals surface area contributed by atoms with Crippen molar-refractivity contribution in [1.82, 2.24) is 15.0 Å². The lowest BCUT2D eigenvalue weighted by molar-refractivity contribution is -0.131. The van der Waals surface area contributed by atoms with E-state index in [1.807, 2.05) is 4.90 Å². The van der Waals surface area contributed by atoms with E-state index in [2.05, 4.69) is 10.1 Å². The van der Waals surface area contributed by atoms with Crippen molar-refractivity contribution >= 4 is 5.91 Å². The first-order valence-electron chi connectivity index (χ1n) is 9.20. The van der Waals surface area contributed by atoms with Crippen molar-refractivity contribution in [2.75, 3.05) is 13.1 Å². The molecule has 7 heteroatoms. The summed E-state index contributed by atoms with van der Waals surface area (Å²) in [5, 5.41) is 3.99. The van der Waals surface area contributed by atoms with Gasteiger partial charge in [-0.25, -0.2) is 8.78 Å². The summed E-state index contributed by atoms with van der Waals surface area (Å²) in [5.74, 6) is 0.482. The fourth-order valence-electron chi connectivity index (χ4n) is 3.38. The second-order valence-corrected chi connectivity index (χ2v) is 6.92. The lowest BCUT2D eigenvalue weighted by Crippen LogP contribution is -2.38. The molecular formula is C21H19F2N3O2. The van der Waals surface area contributed by atoms with Crippen molar-refractivity contribution in [3.05, 3.63) is 71.6 Å². The summed E-state index contributed by atoms with van der Waals surface area (Å²) in [6, 6.07) is 11.9. The maximum atomic E-state index is 13.0. The molecule has 1 amide bonds. The number of carbonyl (C=O) groups excluding carboxylic acids is 1. The van der Waals surface area contributed by atoms with E-state index >= 15 is 0 Å². The number of halogens is 2. The summed E-state index contributed by atoms with van der Waals surface area (Å²) in [6.07, 6.45) is 1.74. The standard InChI is InChI=1S/C21H19F2N3O2/c22-17-5-1-14(2-6-17)13-19(27)26-11-9-16(10-12-26)21-24-20(25-28-21)15-3-7-18(23)8-4-15/h1-8,16H,9-13H2. The van der Waals surface area contributed by atoms with Gasteiger partial charge in [0.15, 0.2) is 0 Å². The largest absolute Gasteiger partial charge is 0.342 e. The molecule has 3 aromatic rings. The Kier molecular flexibility index (Phi) is 5.14. The van der Waals surface area contributed by atoms with E-state index in [1.54, 1.807) is 24.3 Å². The van der Waals surface area contributed by atoms with Crippen molar-refractivity contribution < 1.29 is 18.1 Å². The highest BCUT2D eigenvalue weighted by Gasteiger charge is 2.27. The Morgan fingerprint density at radius 2 is 1.61 bits per heavy atom. The van der Waals surface area contributed by atoms with Gasteiger partial charge in [-0.05, 0) is 54.8 Å². The van der Waals surface area contributed by atoms with Crippen LogP contribution >= 0.6 is 0 Å². The Hall–Kier alpha value is -3.09. The van der Waals surface area contributed by atoms with Crippen LogP contribution in [0.1, 0.15) is 30.2 Å². The molecule has 0 aliphatic carbocycles. The van der Waals surface area contributed by atoms with Crippen molar-refractivity contribution in [3.63, 3.8) is 0 Å². The molecule has 0 atom stereocenters. The van der Waals surface area contributed by atoms with E-state index in [1.165, 1.54) is 24.3 Å². The molecule has 0 unspecified atom stereocenters. The fraction of sp³-hybridized carbons (Fsp3) is 0.286. The number of carbonyl (C=O) groups is 1. The highest BCUT2D eigenvalue weighted by Crippen LogP contribution is 2.29. The molecular weight excluding hydrogens is 364 g/mol. The van der Waals surface area contributed by atoms with Gasteiger partial charge in [0.2, 0.25) is 17.6 Å². The smallest absolute Gasteiger partial charge is 0.230 e. The number of hydrogen-bond acceptors (Lipinski definition) is 4. The first kappa shape index (κ1) is 18.3. The Balaban J connectivity index is 1.34. The lowest BCUT2D eigenvalue weighted by atomic mass is 9.96. The molecule has 1 fully saturated rings. The van der Waals surface area contributed by atoms with Crippen LogP contribution in [0.3, 0.4) is 0 Å². The summed E-state index contributed by atoms with van der Waals surface area (Å²) >= 11 is 0. The molecule has 0 N–H and O–H groups in total. The molecule has 1 aliphatic heterocycles. The van der Waals surface area contributed by atoms with E-state index in [9.17, 15) is 13.6 Å². The normalized spacial score (nSPS) is 15.0. The molecule has 2 aromatic carbocycles. The van der Waals surface area contributed by atoms with E-state index in [0.29, 0.717) is 30.4 Å². The molecule has 0 radical (unpaired) electrons. The number of aromatic nitrogens is 2. The van der Waals surface area contributed by atoms with Gasteiger partial charge in [-0.15, -0.1) is 0 Å². The number of benzene rings is 2. The van der Waals surface area contributed by atoms with Gasteiger partial charge in [0.25, 0.3) is 0 Å². The maximum absolute atomic E-state index is 13.0. The van der Waals surface area contributed by atoms with E-state index in [0.717, 1.165) is 18.4 Å². The highest BCUT2D eigenvalue weighted by atomic mass is 19.1. The van der Waals surface area contributed by atoms with Crippen LogP contribution in [0.2, 0.25) is 0 Å². The number of hydrogen-bond donors (Lipinski definition) is 0. The van der Waals surface area contributed by atoms with Crippen LogP contribution in [0, 0.1) is 11.6 Å². The van der Waals surface area contributed by atoms with Crippen molar-refractivity contribution in [2.24, 2.45) is 0 Å². The Bertz CT molecular complexity index is 947. The lowest BCUT2D eigenvalue weighted by Gasteiger charge is -2.30. The summed E-state index contributed by atoms with van der Waals surface area (Å²) in [5.41, 5.74) is 1.50. The van der Waals surface area contributed by atoms with Gasteiger partial charge in [0, 0.05) is 24.6 Å². The molecule has 0 spiro atoms. The fourth-order valence-corrected chi connectivity index (χ4v) is 3.38. The second kappa shape index (κ2) is 7.88. The minimum atomic E-state index is -0.315. The van der Waals surface area contributed by atoms with E-state index in [4.69, 9.17) is 4.52 Å². The van der Waals surface area contributed by atoms with E-state index < -0.39 is 0 Å². The summed E-state index contributed by atoms with van der Waals surface area (Å²) in [4.78, 5) is 18.7. The minimum Gasteiger partial charge on any atom is -0.342 e. The van der Waals surface area contributed by atoms with Crippen LogP contribution in [0.4, 0.5) is 8.78 Å². The third-order valence-electron chi connectivity index (χ3n) is 5.01. The molecule has 28 heavy (non-hydrogen) atoms. The van der Waals surface area contributed by atoms with Gasteiger partial charge < -0.3 is 9.42 Å². The van der Waals surface area contributed by atoms with Gasteiger partial charge in [0.1, 0.15) is 11.6 Å². The van der Waals surface area contributed by atoms with Crippen molar-refractivity contribution in [1.29, 1.82) is 0 Å². The number of likely N-dealkylation sites (tertiary alicyclic amines) is 1. The van der Waals surface area contributed by atoms with Crippen LogP contribution in [-0.4, -0.2) is 34.0 Å². The number of piperidine rings is 1. The SMILES string of the molecule is O=C(Cc1ccc(F)cc1)N1CCC(c2nc(-c3ccc(F)cc3)no2)CC1. The second-order valence-electron chi connectivity index (χ2n) is 6.92. The van der Waals surface area contributed by atoms with Crippen molar-refractivity contribution in [3.8, 4) is 11.4 Å².